The van der Waals surface area contributed by atoms with E-state index < -0.39 is 16.1 Å². The molecule has 2 fully saturated rings. The highest BCUT2D eigenvalue weighted by Crippen LogP contribution is 2.33. The summed E-state index contributed by atoms with van der Waals surface area (Å²) in [4.78, 5) is 2.68. The van der Waals surface area contributed by atoms with Gasteiger partial charge in [0.25, 0.3) is 0 Å². The second-order valence-corrected chi connectivity index (χ2v) is 18.5. The Balaban J connectivity index is 1.69. The molecule has 1 aromatic rings. The average molecular weight is 350 g/mol. The molecule has 23 heavy (non-hydrogen) atoms. The van der Waals surface area contributed by atoms with Crippen molar-refractivity contribution in [2.45, 2.75) is 76.3 Å². The molecule has 2 aliphatic rings. The molecule has 0 amide bonds. The lowest BCUT2D eigenvalue weighted by Gasteiger charge is -2.34. The number of rotatable bonds is 6. The Morgan fingerprint density at radius 2 is 1.70 bits per heavy atom. The first-order valence-corrected chi connectivity index (χ1v) is 15.9. The highest BCUT2D eigenvalue weighted by molar-refractivity contribution is 6.92. The van der Waals surface area contributed by atoms with E-state index in [9.17, 15) is 0 Å². The van der Waals surface area contributed by atoms with Crippen molar-refractivity contribution in [3.8, 4) is 0 Å². The van der Waals surface area contributed by atoms with Crippen LogP contribution in [0.15, 0.2) is 16.5 Å². The molecule has 0 spiro atoms. The molecule has 2 nitrogen and oxygen atoms in total. The Kier molecular flexibility index (Phi) is 5.54. The zero-order valence-corrected chi connectivity index (χ0v) is 17.5. The summed E-state index contributed by atoms with van der Waals surface area (Å²) >= 11 is 0. The summed E-state index contributed by atoms with van der Waals surface area (Å²) < 4.78 is 6.52. The number of nitrogens with zero attached hydrogens (tertiary/aromatic N) is 1. The summed E-state index contributed by atoms with van der Waals surface area (Å²) in [5, 5.41) is 2.78. The van der Waals surface area contributed by atoms with E-state index in [1.807, 2.05) is 0 Å². The molecule has 1 aromatic heterocycles. The second kappa shape index (κ2) is 7.28. The van der Waals surface area contributed by atoms with E-state index >= 15 is 0 Å². The van der Waals surface area contributed by atoms with Crippen molar-refractivity contribution in [3.05, 3.63) is 12.1 Å². The molecule has 0 aromatic carbocycles. The molecule has 0 radical (unpaired) electrons. The standard InChI is InChI=1S/C19H35NOSi2/c1-22(2,3)18-10-11-19(21-18)23(15-7-4-8-16-23)17-9-14-20-12-5-6-13-20/h10-11H,4-9,12-17H2,1-3H3. The topological polar surface area (TPSA) is 16.4 Å². The van der Waals surface area contributed by atoms with E-state index in [2.05, 4.69) is 36.7 Å². The van der Waals surface area contributed by atoms with Gasteiger partial charge in [-0.3, -0.25) is 0 Å². The lowest BCUT2D eigenvalue weighted by molar-refractivity contribution is 0.339. The Morgan fingerprint density at radius 1 is 1.00 bits per heavy atom. The molecule has 0 saturated carbocycles. The van der Waals surface area contributed by atoms with E-state index in [0.29, 0.717) is 0 Å². The van der Waals surface area contributed by atoms with Gasteiger partial charge in [-0.1, -0.05) is 51.0 Å². The zero-order valence-electron chi connectivity index (χ0n) is 15.5. The smallest absolute Gasteiger partial charge is 0.132 e. The largest absolute Gasteiger partial charge is 0.476 e. The third-order valence-corrected chi connectivity index (χ3v) is 13.0. The minimum absolute atomic E-state index is 1.31. The molecule has 4 heteroatoms. The molecule has 130 valence electrons. The zero-order chi connectivity index (χ0) is 16.3. The van der Waals surface area contributed by atoms with E-state index in [4.69, 9.17) is 4.42 Å². The Morgan fingerprint density at radius 3 is 2.30 bits per heavy atom. The van der Waals surface area contributed by atoms with Crippen LogP contribution in [-0.4, -0.2) is 40.7 Å². The lowest BCUT2D eigenvalue weighted by Crippen LogP contribution is -2.49. The molecule has 0 unspecified atom stereocenters. The number of furan rings is 1. The van der Waals surface area contributed by atoms with Crippen LogP contribution in [0.5, 0.6) is 0 Å². The van der Waals surface area contributed by atoms with Crippen LogP contribution in [0.1, 0.15) is 38.5 Å². The molecule has 0 aliphatic carbocycles. The summed E-state index contributed by atoms with van der Waals surface area (Å²) in [7, 11) is -2.67. The van der Waals surface area contributed by atoms with E-state index in [0.717, 1.165) is 0 Å². The van der Waals surface area contributed by atoms with E-state index in [1.54, 1.807) is 0 Å². The molecule has 2 saturated heterocycles. The monoisotopic (exact) mass is 349 g/mol. The number of hydrogen-bond acceptors (Lipinski definition) is 2. The summed E-state index contributed by atoms with van der Waals surface area (Å²) in [5.74, 6) is 0. The van der Waals surface area contributed by atoms with Crippen LogP contribution < -0.4 is 10.8 Å². The molecular weight excluding hydrogens is 314 g/mol. The first kappa shape index (κ1) is 17.5. The third kappa shape index (κ3) is 4.20. The summed E-state index contributed by atoms with van der Waals surface area (Å²) in [6.07, 6.45) is 8.57. The predicted molar refractivity (Wildman–Crippen MR) is 106 cm³/mol. The van der Waals surface area contributed by atoms with Gasteiger partial charge in [-0.15, -0.1) is 0 Å². The fourth-order valence-electron chi connectivity index (χ4n) is 4.52. The fourth-order valence-corrected chi connectivity index (χ4v) is 10.6. The highest BCUT2D eigenvalue weighted by atomic mass is 28.3. The minimum Gasteiger partial charge on any atom is -0.476 e. The summed E-state index contributed by atoms with van der Waals surface area (Å²) in [6, 6.07) is 9.13. The molecule has 2 aliphatic heterocycles. The Labute approximate surface area is 144 Å². The van der Waals surface area contributed by atoms with Gasteiger partial charge in [0.2, 0.25) is 0 Å². The second-order valence-electron chi connectivity index (χ2n) is 8.91. The van der Waals surface area contributed by atoms with Crippen LogP contribution >= 0.6 is 0 Å². The maximum Gasteiger partial charge on any atom is 0.132 e. The van der Waals surface area contributed by atoms with Crippen LogP contribution in [0.4, 0.5) is 0 Å². The SMILES string of the molecule is C[Si](C)(C)c1ccc([Si]2(CCCN3CCCC3)CCCCC2)o1. The van der Waals surface area contributed by atoms with Crippen molar-refractivity contribution < 1.29 is 4.42 Å². The van der Waals surface area contributed by atoms with Gasteiger partial charge in [0, 0.05) is 0 Å². The van der Waals surface area contributed by atoms with Gasteiger partial charge in [-0.25, -0.2) is 0 Å². The predicted octanol–water partition coefficient (Wildman–Crippen LogP) is 4.15. The van der Waals surface area contributed by atoms with Gasteiger partial charge < -0.3 is 9.32 Å². The fraction of sp³-hybridized carbons (Fsp3) is 0.789. The summed E-state index contributed by atoms with van der Waals surface area (Å²) in [5.41, 5.74) is 0. The van der Waals surface area contributed by atoms with Crippen molar-refractivity contribution in [1.29, 1.82) is 0 Å². The molecule has 3 rings (SSSR count). The van der Waals surface area contributed by atoms with Crippen LogP contribution in [0.2, 0.25) is 37.8 Å². The third-order valence-electron chi connectivity index (χ3n) is 6.01. The minimum atomic E-state index is -1.36. The van der Waals surface area contributed by atoms with Crippen LogP contribution in [0.25, 0.3) is 0 Å². The molecule has 0 N–H and O–H groups in total. The lowest BCUT2D eigenvalue weighted by atomic mass is 10.3. The van der Waals surface area contributed by atoms with Gasteiger partial charge >= 0.3 is 0 Å². The van der Waals surface area contributed by atoms with Crippen molar-refractivity contribution in [3.63, 3.8) is 0 Å². The van der Waals surface area contributed by atoms with Gasteiger partial charge in [0.1, 0.15) is 16.1 Å². The van der Waals surface area contributed by atoms with Crippen molar-refractivity contribution >= 4 is 26.9 Å². The van der Waals surface area contributed by atoms with Crippen molar-refractivity contribution in [1.82, 2.24) is 4.90 Å². The molecule has 0 atom stereocenters. The Hall–Kier alpha value is -0.326. The normalized spacial score (nSPS) is 22.6. The Bertz CT molecular complexity index is 494. The maximum atomic E-state index is 6.52. The van der Waals surface area contributed by atoms with Crippen LogP contribution in [0, 0.1) is 0 Å². The highest BCUT2D eigenvalue weighted by Gasteiger charge is 2.39. The van der Waals surface area contributed by atoms with Gasteiger partial charge in [0.05, 0.1) is 10.8 Å². The first-order chi connectivity index (χ1) is 11.0. The van der Waals surface area contributed by atoms with Crippen LogP contribution in [-0.2, 0) is 0 Å². The van der Waals surface area contributed by atoms with Gasteiger partial charge in [-0.05, 0) is 57.1 Å². The molecular formula is C19H35NOSi2. The molecule has 0 bridgehead atoms. The van der Waals surface area contributed by atoms with Gasteiger partial charge in [-0.2, -0.15) is 0 Å². The van der Waals surface area contributed by atoms with E-state index in [-0.39, 0.29) is 0 Å². The maximum absolute atomic E-state index is 6.52. The first-order valence-electron chi connectivity index (χ1n) is 9.83. The number of likely N-dealkylation sites (tertiary alicyclic amines) is 1. The summed E-state index contributed by atoms with van der Waals surface area (Å²) in [6.45, 7) is 11.2. The van der Waals surface area contributed by atoms with Crippen LogP contribution in [0.3, 0.4) is 0 Å². The molecule has 3 heterocycles. The number of hydrogen-bond donors (Lipinski definition) is 0. The average Bonchev–Trinajstić information content (AvgIpc) is 3.19. The van der Waals surface area contributed by atoms with Gasteiger partial charge in [0.15, 0.2) is 0 Å². The van der Waals surface area contributed by atoms with E-state index in [1.165, 1.54) is 87.1 Å². The van der Waals surface area contributed by atoms with Crippen molar-refractivity contribution in [2.75, 3.05) is 19.6 Å². The quantitative estimate of drug-likeness (QED) is 0.717. The van der Waals surface area contributed by atoms with Crippen molar-refractivity contribution in [2.24, 2.45) is 0 Å².